The van der Waals surface area contributed by atoms with E-state index in [1.165, 1.54) is 43.5 Å². The third-order valence-corrected chi connectivity index (χ3v) is 7.37. The molecule has 20 heteroatoms. The number of aliphatic carboxylic acids is 2. The number of carboxylic acid groups (broad SMARTS) is 2. The number of carbonyl (C=O) groups excluding carboxylic acids is 3. The third-order valence-electron chi connectivity index (χ3n) is 5.36. The van der Waals surface area contributed by atoms with Crippen molar-refractivity contribution in [3.05, 3.63) is 66.9 Å². The number of anilines is 2. The Kier molecular flexibility index (Phi) is 13.9. The summed E-state index contributed by atoms with van der Waals surface area (Å²) in [5.74, 6) is -4.67. The zero-order valence-corrected chi connectivity index (χ0v) is 26.6. The van der Waals surface area contributed by atoms with Crippen LogP contribution in [0.2, 0.25) is 15.1 Å². The van der Waals surface area contributed by atoms with Gasteiger partial charge in [0.2, 0.25) is 0 Å². The number of aromatic nitrogens is 1. The number of carboxylic acids is 2. The number of nitrogens with zero attached hydrogens (tertiary/aromatic N) is 2. The van der Waals surface area contributed by atoms with E-state index < -0.39 is 36.0 Å². The molecule has 0 aliphatic heterocycles. The fourth-order valence-corrected chi connectivity index (χ4v) is 4.80. The molecule has 4 amide bonds. The van der Waals surface area contributed by atoms with Crippen molar-refractivity contribution in [2.75, 3.05) is 31.3 Å². The SMILES string of the molecule is COc1cc(Cl)cc(C(=O)Nc2ccc(Cl)cn2)c1NC(=O)c1scc(CN(C)C(=O)NCCC(=O)O)c1Cl.O=C(O)C(F)(F)F. The molecule has 0 atom stereocenters. The lowest BCUT2D eigenvalue weighted by molar-refractivity contribution is -0.192. The Morgan fingerprint density at radius 3 is 2.22 bits per heavy atom. The average Bonchev–Trinajstić information content (AvgIpc) is 3.33. The molecule has 0 unspecified atom stereocenters. The third kappa shape index (κ3) is 11.2. The van der Waals surface area contributed by atoms with Crippen LogP contribution in [0.15, 0.2) is 35.8 Å². The minimum Gasteiger partial charge on any atom is -0.494 e. The van der Waals surface area contributed by atoms with Gasteiger partial charge in [-0.2, -0.15) is 13.2 Å². The summed E-state index contributed by atoms with van der Waals surface area (Å²) in [4.78, 5) is 63.5. The van der Waals surface area contributed by atoms with Crippen molar-refractivity contribution < 1.29 is 52.1 Å². The van der Waals surface area contributed by atoms with E-state index in [1.807, 2.05) is 0 Å². The summed E-state index contributed by atoms with van der Waals surface area (Å²) in [7, 11) is 2.86. The van der Waals surface area contributed by atoms with Gasteiger partial charge in [0.1, 0.15) is 16.4 Å². The number of rotatable bonds is 10. The van der Waals surface area contributed by atoms with Gasteiger partial charge in [0.25, 0.3) is 11.8 Å². The maximum atomic E-state index is 13.2. The second kappa shape index (κ2) is 16.8. The highest BCUT2D eigenvalue weighted by Gasteiger charge is 2.38. The quantitative estimate of drug-likeness (QED) is 0.170. The van der Waals surface area contributed by atoms with E-state index in [-0.39, 0.29) is 57.3 Å². The molecular formula is C26H23Cl3F3N5O8S. The van der Waals surface area contributed by atoms with Gasteiger partial charge in [0.05, 0.1) is 34.8 Å². The summed E-state index contributed by atoms with van der Waals surface area (Å²) in [5, 5.41) is 25.9. The standard InChI is InChI=1S/C24H22Cl3N5O6S.C2HF3O2/c1-32(24(37)28-6-5-18(33)34)10-12-11-39-21(19(12)27)23(36)31-20-15(7-14(26)8-16(20)38-2)22(35)30-17-4-3-13(25)9-29-17;3-2(4,5)1(6)7/h3-4,7-9,11H,5-6,10H2,1-2H3,(H,28,37)(H,31,36)(H,33,34)(H,29,30,35);(H,6,7). The molecule has 0 bridgehead atoms. The van der Waals surface area contributed by atoms with Crippen LogP contribution in [-0.4, -0.2) is 76.8 Å². The maximum Gasteiger partial charge on any atom is 0.490 e. The molecule has 248 valence electrons. The van der Waals surface area contributed by atoms with E-state index in [0.29, 0.717) is 10.6 Å². The number of methoxy groups -OCH3 is 1. The van der Waals surface area contributed by atoms with Gasteiger partial charge in [-0.3, -0.25) is 14.4 Å². The molecule has 3 rings (SSSR count). The van der Waals surface area contributed by atoms with Crippen molar-refractivity contribution in [3.8, 4) is 5.75 Å². The van der Waals surface area contributed by atoms with E-state index in [2.05, 4.69) is 20.9 Å². The molecule has 46 heavy (non-hydrogen) atoms. The Balaban J connectivity index is 0.000000942. The summed E-state index contributed by atoms with van der Waals surface area (Å²) in [6.45, 7) is 0.0317. The number of alkyl halides is 3. The molecule has 0 radical (unpaired) electrons. The van der Waals surface area contributed by atoms with Crippen LogP contribution in [0.1, 0.15) is 32.0 Å². The first-order valence-corrected chi connectivity index (χ1v) is 14.3. The second-order valence-corrected chi connectivity index (χ2v) is 10.9. The Bertz CT molecular complexity index is 1610. The lowest BCUT2D eigenvalue weighted by Crippen LogP contribution is -2.37. The van der Waals surface area contributed by atoms with Crippen LogP contribution in [0, 0.1) is 0 Å². The summed E-state index contributed by atoms with van der Waals surface area (Å²) in [5.41, 5.74) is 0.562. The fourth-order valence-electron chi connectivity index (χ4n) is 3.23. The van der Waals surface area contributed by atoms with E-state index in [9.17, 15) is 32.3 Å². The Morgan fingerprint density at radius 2 is 1.67 bits per heavy atom. The number of hydrogen-bond donors (Lipinski definition) is 5. The summed E-state index contributed by atoms with van der Waals surface area (Å²) in [6, 6.07) is 5.37. The largest absolute Gasteiger partial charge is 0.494 e. The molecule has 0 saturated heterocycles. The van der Waals surface area contributed by atoms with Gasteiger partial charge in [-0.05, 0) is 23.6 Å². The molecule has 0 aliphatic carbocycles. The predicted molar refractivity (Wildman–Crippen MR) is 163 cm³/mol. The second-order valence-electron chi connectivity index (χ2n) is 8.74. The van der Waals surface area contributed by atoms with Crippen LogP contribution in [0.25, 0.3) is 0 Å². The average molecular weight is 729 g/mol. The van der Waals surface area contributed by atoms with Crippen molar-refractivity contribution in [2.45, 2.75) is 19.1 Å². The van der Waals surface area contributed by atoms with Crippen LogP contribution in [0.4, 0.5) is 29.5 Å². The first-order chi connectivity index (χ1) is 21.4. The number of thiophene rings is 1. The lowest BCUT2D eigenvalue weighted by atomic mass is 10.1. The van der Waals surface area contributed by atoms with E-state index in [1.54, 1.807) is 11.4 Å². The molecule has 0 saturated carbocycles. The summed E-state index contributed by atoms with van der Waals surface area (Å²) in [6.07, 6.45) is -3.93. The van der Waals surface area contributed by atoms with Crippen molar-refractivity contribution >= 4 is 87.4 Å². The molecular weight excluding hydrogens is 706 g/mol. The van der Waals surface area contributed by atoms with E-state index >= 15 is 0 Å². The Morgan fingerprint density at radius 1 is 1.02 bits per heavy atom. The number of carbonyl (C=O) groups is 5. The number of halogens is 6. The fraction of sp³-hybridized carbons (Fsp3) is 0.231. The molecule has 0 spiro atoms. The molecule has 1 aromatic carbocycles. The van der Waals surface area contributed by atoms with Crippen molar-refractivity contribution in [1.29, 1.82) is 0 Å². The molecule has 0 aliphatic rings. The molecule has 2 heterocycles. The predicted octanol–water partition coefficient (Wildman–Crippen LogP) is 5.87. The first-order valence-electron chi connectivity index (χ1n) is 12.3. The van der Waals surface area contributed by atoms with Gasteiger partial charge in [-0.15, -0.1) is 11.3 Å². The number of ether oxygens (including phenoxy) is 1. The smallest absolute Gasteiger partial charge is 0.490 e. The van der Waals surface area contributed by atoms with Crippen molar-refractivity contribution in [1.82, 2.24) is 15.2 Å². The molecule has 3 aromatic rings. The van der Waals surface area contributed by atoms with Crippen LogP contribution >= 0.6 is 46.1 Å². The van der Waals surface area contributed by atoms with E-state index in [4.69, 9.17) is 54.5 Å². The number of pyridine rings is 1. The van der Waals surface area contributed by atoms with Crippen LogP contribution < -0.4 is 20.7 Å². The highest BCUT2D eigenvalue weighted by Crippen LogP contribution is 2.35. The number of urea groups is 1. The normalized spacial score (nSPS) is 10.6. The molecule has 2 aromatic heterocycles. The van der Waals surface area contributed by atoms with E-state index in [0.717, 1.165) is 11.3 Å². The number of benzene rings is 1. The highest BCUT2D eigenvalue weighted by molar-refractivity contribution is 7.13. The summed E-state index contributed by atoms with van der Waals surface area (Å²) < 4.78 is 37.1. The monoisotopic (exact) mass is 727 g/mol. The number of amides is 4. The van der Waals surface area contributed by atoms with Gasteiger partial charge in [-0.1, -0.05) is 34.8 Å². The summed E-state index contributed by atoms with van der Waals surface area (Å²) >= 11 is 19.5. The minimum absolute atomic E-state index is 0.00937. The number of hydrogen-bond acceptors (Lipinski definition) is 8. The zero-order chi connectivity index (χ0) is 34.8. The molecule has 5 N–H and O–H groups in total. The van der Waals surface area contributed by atoms with Gasteiger partial charge in [0, 0.05) is 43.0 Å². The lowest BCUT2D eigenvalue weighted by Gasteiger charge is -2.17. The minimum atomic E-state index is -5.08. The van der Waals surface area contributed by atoms with Gasteiger partial charge in [-0.25, -0.2) is 14.6 Å². The van der Waals surface area contributed by atoms with Gasteiger partial charge < -0.3 is 35.8 Å². The van der Waals surface area contributed by atoms with Gasteiger partial charge >= 0.3 is 24.1 Å². The molecule has 13 nitrogen and oxygen atoms in total. The maximum absolute atomic E-state index is 13.2. The highest BCUT2D eigenvalue weighted by atomic mass is 35.5. The topological polar surface area (TPSA) is 187 Å². The van der Waals surface area contributed by atoms with Crippen molar-refractivity contribution in [3.63, 3.8) is 0 Å². The first kappa shape index (κ1) is 37.9. The van der Waals surface area contributed by atoms with Crippen molar-refractivity contribution in [2.24, 2.45) is 0 Å². The van der Waals surface area contributed by atoms with Gasteiger partial charge in [0.15, 0.2) is 0 Å². The Hall–Kier alpha value is -4.32. The number of nitrogens with one attached hydrogen (secondary N) is 3. The zero-order valence-electron chi connectivity index (χ0n) is 23.5. The molecule has 0 fully saturated rings. The van der Waals surface area contributed by atoms with Crippen LogP contribution in [0.5, 0.6) is 5.75 Å². The Labute approximate surface area is 277 Å². The van der Waals surface area contributed by atoms with Crippen LogP contribution in [0.3, 0.4) is 0 Å². The van der Waals surface area contributed by atoms with Crippen LogP contribution in [-0.2, 0) is 16.1 Å².